The molecule has 1 unspecified atom stereocenters. The molecule has 2 aromatic carbocycles. The Hall–Kier alpha value is -2.50. The van der Waals surface area contributed by atoms with Crippen LogP contribution in [0.15, 0.2) is 65.1 Å². The Labute approximate surface area is 160 Å². The fourth-order valence-electron chi connectivity index (χ4n) is 3.56. The van der Waals surface area contributed by atoms with Gasteiger partial charge in [0.05, 0.1) is 6.04 Å². The van der Waals surface area contributed by atoms with Crippen LogP contribution in [0, 0.1) is 0 Å². The molecule has 1 aliphatic rings. The van der Waals surface area contributed by atoms with Crippen LogP contribution in [0.25, 0.3) is 11.5 Å². The highest BCUT2D eigenvalue weighted by molar-refractivity contribution is 5.51. The van der Waals surface area contributed by atoms with Gasteiger partial charge in [-0.1, -0.05) is 48.5 Å². The summed E-state index contributed by atoms with van der Waals surface area (Å²) in [5.41, 5.74) is 2.38. The van der Waals surface area contributed by atoms with E-state index in [0.29, 0.717) is 11.8 Å². The van der Waals surface area contributed by atoms with Gasteiger partial charge >= 0.3 is 0 Å². The summed E-state index contributed by atoms with van der Waals surface area (Å²) >= 11 is 0. The molecule has 3 aromatic rings. The minimum atomic E-state index is 0.145. The summed E-state index contributed by atoms with van der Waals surface area (Å²) in [6.07, 6.45) is 1.11. The van der Waals surface area contributed by atoms with E-state index in [1.807, 2.05) is 30.3 Å². The maximum absolute atomic E-state index is 5.94. The number of benzene rings is 2. The average molecular weight is 362 g/mol. The molecular formula is C22H26N4O. The van der Waals surface area contributed by atoms with Gasteiger partial charge in [0, 0.05) is 38.3 Å². The van der Waals surface area contributed by atoms with Crippen molar-refractivity contribution in [2.24, 2.45) is 0 Å². The minimum Gasteiger partial charge on any atom is -0.419 e. The van der Waals surface area contributed by atoms with Gasteiger partial charge in [0.15, 0.2) is 0 Å². The summed E-state index contributed by atoms with van der Waals surface area (Å²) in [5, 5.41) is 8.52. The number of rotatable bonds is 6. The summed E-state index contributed by atoms with van der Waals surface area (Å²) in [6, 6.07) is 20.8. The predicted octanol–water partition coefficient (Wildman–Crippen LogP) is 3.66. The van der Waals surface area contributed by atoms with Crippen LogP contribution in [-0.4, -0.2) is 52.7 Å². The van der Waals surface area contributed by atoms with E-state index < -0.39 is 0 Å². The highest BCUT2D eigenvalue weighted by Crippen LogP contribution is 2.24. The summed E-state index contributed by atoms with van der Waals surface area (Å²) in [6.45, 7) is 7.48. The first-order valence-corrected chi connectivity index (χ1v) is 9.69. The molecule has 0 saturated carbocycles. The second-order valence-corrected chi connectivity index (χ2v) is 7.10. The first-order chi connectivity index (χ1) is 13.3. The molecule has 1 atom stereocenters. The molecule has 0 radical (unpaired) electrons. The zero-order valence-electron chi connectivity index (χ0n) is 15.8. The van der Waals surface area contributed by atoms with Crippen molar-refractivity contribution in [1.29, 1.82) is 0 Å². The van der Waals surface area contributed by atoms with Gasteiger partial charge < -0.3 is 9.32 Å². The van der Waals surface area contributed by atoms with Gasteiger partial charge in [0.25, 0.3) is 0 Å². The van der Waals surface area contributed by atoms with Crippen molar-refractivity contribution in [2.75, 3.05) is 32.7 Å². The Kier molecular flexibility index (Phi) is 5.61. The molecule has 1 aromatic heterocycles. The molecule has 0 bridgehead atoms. The molecule has 27 heavy (non-hydrogen) atoms. The van der Waals surface area contributed by atoms with Gasteiger partial charge in [0.1, 0.15) is 0 Å². The normalized spacial score (nSPS) is 17.1. The van der Waals surface area contributed by atoms with Crippen LogP contribution < -0.4 is 0 Å². The maximum atomic E-state index is 5.94. The van der Waals surface area contributed by atoms with E-state index in [9.17, 15) is 0 Å². The van der Waals surface area contributed by atoms with Crippen molar-refractivity contribution in [3.05, 3.63) is 72.1 Å². The van der Waals surface area contributed by atoms with Crippen molar-refractivity contribution >= 4 is 0 Å². The fraction of sp³-hybridized carbons (Fsp3) is 0.364. The first kappa shape index (κ1) is 17.9. The van der Waals surface area contributed by atoms with Crippen molar-refractivity contribution in [1.82, 2.24) is 20.0 Å². The van der Waals surface area contributed by atoms with E-state index in [4.69, 9.17) is 4.42 Å². The highest BCUT2D eigenvalue weighted by atomic mass is 16.4. The first-order valence-electron chi connectivity index (χ1n) is 9.69. The molecule has 1 aliphatic heterocycles. The molecule has 0 N–H and O–H groups in total. The summed E-state index contributed by atoms with van der Waals surface area (Å²) in [7, 11) is 0. The molecule has 4 rings (SSSR count). The van der Waals surface area contributed by atoms with Gasteiger partial charge in [-0.05, 0) is 31.0 Å². The second-order valence-electron chi connectivity index (χ2n) is 7.10. The Morgan fingerprint density at radius 1 is 0.889 bits per heavy atom. The number of piperazine rings is 1. The zero-order valence-corrected chi connectivity index (χ0v) is 15.8. The van der Waals surface area contributed by atoms with Crippen LogP contribution >= 0.6 is 0 Å². The lowest BCUT2D eigenvalue weighted by Crippen LogP contribution is -2.47. The second kappa shape index (κ2) is 8.46. The molecule has 1 saturated heterocycles. The predicted molar refractivity (Wildman–Crippen MR) is 106 cm³/mol. The summed E-state index contributed by atoms with van der Waals surface area (Å²) in [4.78, 5) is 4.97. The molecule has 1 fully saturated rings. The van der Waals surface area contributed by atoms with Gasteiger partial charge in [-0.25, -0.2) is 0 Å². The molecule has 0 spiro atoms. The van der Waals surface area contributed by atoms with Crippen LogP contribution in [0.4, 0.5) is 0 Å². The van der Waals surface area contributed by atoms with Crippen LogP contribution in [0.1, 0.15) is 24.4 Å². The van der Waals surface area contributed by atoms with Crippen LogP contribution in [0.2, 0.25) is 0 Å². The molecule has 140 valence electrons. The average Bonchev–Trinajstić information content (AvgIpc) is 3.24. The van der Waals surface area contributed by atoms with Crippen molar-refractivity contribution < 1.29 is 4.42 Å². The van der Waals surface area contributed by atoms with Gasteiger partial charge in [0.2, 0.25) is 11.8 Å². The Morgan fingerprint density at radius 3 is 2.26 bits per heavy atom. The van der Waals surface area contributed by atoms with E-state index >= 15 is 0 Å². The van der Waals surface area contributed by atoms with E-state index in [1.165, 1.54) is 5.56 Å². The maximum Gasteiger partial charge on any atom is 0.247 e. The monoisotopic (exact) mass is 362 g/mol. The largest absolute Gasteiger partial charge is 0.419 e. The Morgan fingerprint density at radius 2 is 1.56 bits per heavy atom. The smallest absolute Gasteiger partial charge is 0.247 e. The number of hydrogen-bond donors (Lipinski definition) is 0. The lowest BCUT2D eigenvalue weighted by molar-refractivity contribution is 0.0923. The van der Waals surface area contributed by atoms with E-state index in [-0.39, 0.29) is 6.04 Å². The Bertz CT molecular complexity index is 826. The number of aromatic nitrogens is 2. The standard InChI is InChI=1S/C22H26N4O/c1-18(21-23-24-22(27-21)20-10-6-3-7-11-20)26-16-14-25(15-17-26)13-12-19-8-4-2-5-9-19/h2-11,18H,12-17H2,1H3. The molecule has 5 nitrogen and oxygen atoms in total. The third-order valence-electron chi connectivity index (χ3n) is 5.33. The van der Waals surface area contributed by atoms with Crippen molar-refractivity contribution in [3.8, 4) is 11.5 Å². The van der Waals surface area contributed by atoms with Crippen LogP contribution in [0.3, 0.4) is 0 Å². The third-order valence-corrected chi connectivity index (χ3v) is 5.33. The van der Waals surface area contributed by atoms with E-state index in [0.717, 1.165) is 44.7 Å². The SMILES string of the molecule is CC(c1nnc(-c2ccccc2)o1)N1CCN(CCc2ccccc2)CC1. The summed E-state index contributed by atoms with van der Waals surface area (Å²) in [5.74, 6) is 1.30. The lowest BCUT2D eigenvalue weighted by atomic mass is 10.1. The van der Waals surface area contributed by atoms with Gasteiger partial charge in [-0.2, -0.15) is 0 Å². The lowest BCUT2D eigenvalue weighted by Gasteiger charge is -2.36. The molecule has 5 heteroatoms. The molecule has 2 heterocycles. The van der Waals surface area contributed by atoms with Crippen molar-refractivity contribution in [3.63, 3.8) is 0 Å². The summed E-state index contributed by atoms with van der Waals surface area (Å²) < 4.78 is 5.94. The van der Waals surface area contributed by atoms with E-state index in [1.54, 1.807) is 0 Å². The number of nitrogens with zero attached hydrogens (tertiary/aromatic N) is 4. The van der Waals surface area contributed by atoms with Gasteiger partial charge in [-0.3, -0.25) is 4.90 Å². The van der Waals surface area contributed by atoms with Crippen LogP contribution in [-0.2, 0) is 6.42 Å². The Balaban J connectivity index is 1.30. The number of hydrogen-bond acceptors (Lipinski definition) is 5. The minimum absolute atomic E-state index is 0.145. The van der Waals surface area contributed by atoms with Crippen LogP contribution in [0.5, 0.6) is 0 Å². The quantitative estimate of drug-likeness (QED) is 0.670. The zero-order chi connectivity index (χ0) is 18.5. The van der Waals surface area contributed by atoms with E-state index in [2.05, 4.69) is 57.3 Å². The van der Waals surface area contributed by atoms with Gasteiger partial charge in [-0.15, -0.1) is 10.2 Å². The molecule has 0 aliphatic carbocycles. The topological polar surface area (TPSA) is 45.4 Å². The molecule has 0 amide bonds. The molecular weight excluding hydrogens is 336 g/mol. The third kappa shape index (κ3) is 4.43. The highest BCUT2D eigenvalue weighted by Gasteiger charge is 2.25. The van der Waals surface area contributed by atoms with Crippen molar-refractivity contribution in [2.45, 2.75) is 19.4 Å². The fourth-order valence-corrected chi connectivity index (χ4v) is 3.56.